The second kappa shape index (κ2) is 8.57. The van der Waals surface area contributed by atoms with Gasteiger partial charge in [0.05, 0.1) is 23.2 Å². The molecule has 0 aliphatic rings. The molecule has 30 heavy (non-hydrogen) atoms. The molecule has 10 nitrogen and oxygen atoms in total. The van der Waals surface area contributed by atoms with Crippen molar-refractivity contribution < 1.29 is 18.6 Å². The first-order chi connectivity index (χ1) is 14.6. The van der Waals surface area contributed by atoms with Gasteiger partial charge in [-0.2, -0.15) is 0 Å². The van der Waals surface area contributed by atoms with Crippen LogP contribution in [0.25, 0.3) is 22.9 Å². The van der Waals surface area contributed by atoms with Crippen LogP contribution in [-0.2, 0) is 4.79 Å². The van der Waals surface area contributed by atoms with Crippen LogP contribution >= 0.6 is 11.8 Å². The third kappa shape index (κ3) is 4.36. The molecule has 0 fully saturated rings. The smallest absolute Gasteiger partial charge is 0.271 e. The zero-order valence-electron chi connectivity index (χ0n) is 15.2. The number of nitro benzene ring substituents is 1. The molecule has 3 aromatic heterocycles. The minimum Gasteiger partial charge on any atom is -0.463 e. The van der Waals surface area contributed by atoms with Crippen molar-refractivity contribution in [1.29, 1.82) is 0 Å². The summed E-state index contributed by atoms with van der Waals surface area (Å²) in [4.78, 5) is 27.0. The summed E-state index contributed by atoms with van der Waals surface area (Å²) in [5, 5.41) is 22.0. The van der Waals surface area contributed by atoms with Crippen molar-refractivity contribution in [3.8, 4) is 22.9 Å². The van der Waals surface area contributed by atoms with Gasteiger partial charge in [0, 0.05) is 17.8 Å². The quantitative estimate of drug-likeness (QED) is 0.265. The fourth-order valence-corrected chi connectivity index (χ4v) is 3.15. The molecule has 0 aliphatic carbocycles. The Morgan fingerprint density at radius 1 is 1.03 bits per heavy atom. The topological polar surface area (TPSA) is 137 Å². The molecule has 0 radical (unpaired) electrons. The molecule has 4 rings (SSSR count). The number of nitrogens with one attached hydrogen (secondary N) is 1. The Balaban J connectivity index is 1.48. The van der Waals surface area contributed by atoms with Gasteiger partial charge in [-0.05, 0) is 30.3 Å². The maximum Gasteiger partial charge on any atom is 0.271 e. The van der Waals surface area contributed by atoms with Crippen LogP contribution in [0.15, 0.2) is 75.0 Å². The molecule has 1 amide bonds. The van der Waals surface area contributed by atoms with E-state index in [-0.39, 0.29) is 22.5 Å². The number of anilines is 1. The van der Waals surface area contributed by atoms with Crippen LogP contribution in [0.2, 0.25) is 0 Å². The Kier molecular flexibility index (Phi) is 5.52. The average Bonchev–Trinajstić information content (AvgIpc) is 3.46. The molecule has 0 unspecified atom stereocenters. The second-order valence-corrected chi connectivity index (χ2v) is 6.83. The van der Waals surface area contributed by atoms with Gasteiger partial charge in [-0.3, -0.25) is 14.9 Å². The van der Waals surface area contributed by atoms with E-state index in [1.54, 1.807) is 30.3 Å². The number of carbonyl (C=O) groups excluding carboxylic acids is 1. The lowest BCUT2D eigenvalue weighted by molar-refractivity contribution is -0.384. The maximum absolute atomic E-state index is 12.2. The number of aromatic nitrogens is 3. The van der Waals surface area contributed by atoms with Crippen LogP contribution in [0, 0.1) is 10.1 Å². The molecular weight excluding hydrogens is 410 g/mol. The Bertz CT molecular complexity index is 1180. The molecule has 4 aromatic rings. The Morgan fingerprint density at radius 3 is 2.43 bits per heavy atom. The van der Waals surface area contributed by atoms with E-state index in [9.17, 15) is 14.9 Å². The van der Waals surface area contributed by atoms with Gasteiger partial charge in [0.2, 0.25) is 11.1 Å². The van der Waals surface area contributed by atoms with Crippen molar-refractivity contribution >= 4 is 29.0 Å². The number of amides is 1. The average molecular weight is 423 g/mol. The lowest BCUT2D eigenvalue weighted by Crippen LogP contribution is -2.14. The van der Waals surface area contributed by atoms with Crippen LogP contribution in [0.4, 0.5) is 11.4 Å². The fourth-order valence-electron chi connectivity index (χ4n) is 2.56. The summed E-state index contributed by atoms with van der Waals surface area (Å²) in [6.45, 7) is 0. The SMILES string of the molecule is O=C(CSc1nnc(-c2ccco2)c(-c2ccco2)n1)Nc1cccc([N+](=O)[O-])c1. The zero-order valence-corrected chi connectivity index (χ0v) is 16.0. The number of non-ortho nitro benzene ring substituents is 1. The third-order valence-corrected chi connectivity index (χ3v) is 4.69. The molecular formula is C19H13N5O5S. The number of nitro groups is 1. The van der Waals surface area contributed by atoms with Gasteiger partial charge in [-0.25, -0.2) is 4.98 Å². The number of thioether (sulfide) groups is 1. The van der Waals surface area contributed by atoms with Crippen molar-refractivity contribution in [3.63, 3.8) is 0 Å². The molecule has 0 aliphatic heterocycles. The van der Waals surface area contributed by atoms with Crippen LogP contribution in [0.3, 0.4) is 0 Å². The monoisotopic (exact) mass is 423 g/mol. The van der Waals surface area contributed by atoms with Crippen molar-refractivity contribution in [2.24, 2.45) is 0 Å². The number of benzene rings is 1. The number of furan rings is 2. The number of hydrogen-bond donors (Lipinski definition) is 1. The summed E-state index contributed by atoms with van der Waals surface area (Å²) >= 11 is 1.07. The van der Waals surface area contributed by atoms with Crippen LogP contribution in [0.5, 0.6) is 0 Å². The summed E-state index contributed by atoms with van der Waals surface area (Å²) in [5.74, 6) is 0.599. The lowest BCUT2D eigenvalue weighted by Gasteiger charge is -2.06. The summed E-state index contributed by atoms with van der Waals surface area (Å²) in [6.07, 6.45) is 3.03. The van der Waals surface area contributed by atoms with E-state index in [4.69, 9.17) is 8.83 Å². The van der Waals surface area contributed by atoms with Crippen molar-refractivity contribution in [1.82, 2.24) is 15.2 Å². The predicted octanol–water partition coefficient (Wildman–Crippen LogP) is 4.03. The fraction of sp³-hybridized carbons (Fsp3) is 0.0526. The minimum atomic E-state index is -0.527. The summed E-state index contributed by atoms with van der Waals surface area (Å²) in [6, 6.07) is 12.6. The first kappa shape index (κ1) is 19.3. The molecule has 3 heterocycles. The van der Waals surface area contributed by atoms with Gasteiger partial charge in [0.15, 0.2) is 17.2 Å². The van der Waals surface area contributed by atoms with Gasteiger partial charge >= 0.3 is 0 Å². The highest BCUT2D eigenvalue weighted by molar-refractivity contribution is 7.99. The molecule has 0 spiro atoms. The van der Waals surface area contributed by atoms with Gasteiger partial charge in [-0.15, -0.1) is 10.2 Å². The first-order valence-corrected chi connectivity index (χ1v) is 9.58. The van der Waals surface area contributed by atoms with Gasteiger partial charge < -0.3 is 14.2 Å². The molecule has 0 atom stereocenters. The summed E-state index contributed by atoms with van der Waals surface area (Å²) < 4.78 is 10.8. The van der Waals surface area contributed by atoms with Crippen LogP contribution in [0.1, 0.15) is 0 Å². The van der Waals surface area contributed by atoms with Gasteiger partial charge in [0.25, 0.3) is 5.69 Å². The van der Waals surface area contributed by atoms with E-state index in [2.05, 4.69) is 20.5 Å². The normalized spacial score (nSPS) is 10.7. The van der Waals surface area contributed by atoms with E-state index in [1.165, 1.54) is 30.7 Å². The highest BCUT2D eigenvalue weighted by atomic mass is 32.2. The highest BCUT2D eigenvalue weighted by Crippen LogP contribution is 2.30. The second-order valence-electron chi connectivity index (χ2n) is 5.89. The molecule has 0 bridgehead atoms. The van der Waals surface area contributed by atoms with Crippen LogP contribution < -0.4 is 5.32 Å². The Morgan fingerprint density at radius 2 is 1.77 bits per heavy atom. The van der Waals surface area contributed by atoms with Crippen molar-refractivity contribution in [3.05, 3.63) is 71.2 Å². The lowest BCUT2D eigenvalue weighted by atomic mass is 10.2. The van der Waals surface area contributed by atoms with Crippen LogP contribution in [-0.4, -0.2) is 31.8 Å². The molecule has 0 saturated heterocycles. The van der Waals surface area contributed by atoms with E-state index in [1.807, 2.05) is 0 Å². The maximum atomic E-state index is 12.2. The number of rotatable bonds is 7. The van der Waals surface area contributed by atoms with E-state index >= 15 is 0 Å². The summed E-state index contributed by atoms with van der Waals surface area (Å²) in [7, 11) is 0. The third-order valence-electron chi connectivity index (χ3n) is 3.85. The number of carbonyl (C=O) groups is 1. The number of hydrogen-bond acceptors (Lipinski definition) is 9. The van der Waals surface area contributed by atoms with E-state index < -0.39 is 4.92 Å². The Labute approximate surface area is 173 Å². The van der Waals surface area contributed by atoms with E-state index in [0.717, 1.165) is 11.8 Å². The summed E-state index contributed by atoms with van der Waals surface area (Å²) in [5.41, 5.74) is 1.08. The largest absolute Gasteiger partial charge is 0.463 e. The molecule has 1 aromatic carbocycles. The number of nitrogens with zero attached hydrogens (tertiary/aromatic N) is 4. The predicted molar refractivity (Wildman–Crippen MR) is 108 cm³/mol. The molecule has 0 saturated carbocycles. The molecule has 1 N–H and O–H groups in total. The molecule has 150 valence electrons. The molecule has 11 heteroatoms. The standard InChI is InChI=1S/C19H13N5O5S/c25-16(20-12-4-1-5-13(10-12)24(26)27)11-30-19-21-17(14-6-2-8-28-14)18(22-23-19)15-7-3-9-29-15/h1-10H,11H2,(H,20,25). The van der Waals surface area contributed by atoms with E-state index in [0.29, 0.717) is 28.6 Å². The van der Waals surface area contributed by atoms with Gasteiger partial charge in [-0.1, -0.05) is 17.8 Å². The van der Waals surface area contributed by atoms with Gasteiger partial charge in [0.1, 0.15) is 5.69 Å². The highest BCUT2D eigenvalue weighted by Gasteiger charge is 2.18. The minimum absolute atomic E-state index is 0.0118. The van der Waals surface area contributed by atoms with Crippen molar-refractivity contribution in [2.45, 2.75) is 5.16 Å². The first-order valence-electron chi connectivity index (χ1n) is 8.60. The van der Waals surface area contributed by atoms with Crippen molar-refractivity contribution in [2.75, 3.05) is 11.1 Å². The Hall–Kier alpha value is -3.99. The zero-order chi connectivity index (χ0) is 20.9.